The number of nitrogens with two attached hydrogens (primary N) is 1. The molecule has 0 saturated heterocycles. The minimum absolute atomic E-state index is 0.0197. The highest BCUT2D eigenvalue weighted by atomic mass is 16.5. The zero-order valence-corrected chi connectivity index (χ0v) is 15.7. The summed E-state index contributed by atoms with van der Waals surface area (Å²) in [6.07, 6.45) is 3.75. The molecule has 1 atom stereocenters. The molecular formula is C21H23BN2O4. The lowest BCUT2D eigenvalue weighted by Gasteiger charge is -2.17. The molecule has 0 bridgehead atoms. The molecule has 7 heteroatoms. The summed E-state index contributed by atoms with van der Waals surface area (Å²) in [5, 5.41) is 21.4. The maximum Gasteiger partial charge on any atom is 0.488 e. The Labute approximate surface area is 164 Å². The molecule has 0 amide bonds. The lowest BCUT2D eigenvalue weighted by atomic mass is 9.75. The van der Waals surface area contributed by atoms with Gasteiger partial charge in [-0.1, -0.05) is 36.4 Å². The van der Waals surface area contributed by atoms with Crippen LogP contribution in [0, 0.1) is 0 Å². The number of nitrogens with zero attached hydrogens (tertiary/aromatic N) is 1. The van der Waals surface area contributed by atoms with E-state index in [0.717, 1.165) is 16.3 Å². The van der Waals surface area contributed by atoms with Gasteiger partial charge in [0, 0.05) is 37.9 Å². The van der Waals surface area contributed by atoms with Gasteiger partial charge in [-0.25, -0.2) is 0 Å². The molecule has 1 heterocycles. The van der Waals surface area contributed by atoms with E-state index < -0.39 is 13.0 Å². The zero-order chi connectivity index (χ0) is 20.1. The van der Waals surface area contributed by atoms with Crippen molar-refractivity contribution in [2.75, 3.05) is 13.7 Å². The maximum absolute atomic E-state index is 12.9. The Morgan fingerprint density at radius 2 is 2.00 bits per heavy atom. The summed E-state index contributed by atoms with van der Waals surface area (Å²) in [5.74, 6) is -0.545. The lowest BCUT2D eigenvalue weighted by Crippen LogP contribution is -2.34. The number of rotatable bonds is 8. The van der Waals surface area contributed by atoms with Crippen molar-refractivity contribution in [3.8, 4) is 0 Å². The van der Waals surface area contributed by atoms with Gasteiger partial charge >= 0.3 is 7.12 Å². The zero-order valence-electron chi connectivity index (χ0n) is 15.7. The van der Waals surface area contributed by atoms with Gasteiger partial charge < -0.3 is 20.5 Å². The molecule has 0 saturated carbocycles. The van der Waals surface area contributed by atoms with Crippen LogP contribution >= 0.6 is 0 Å². The molecule has 28 heavy (non-hydrogen) atoms. The summed E-state index contributed by atoms with van der Waals surface area (Å²) in [5.41, 5.74) is 8.45. The summed E-state index contributed by atoms with van der Waals surface area (Å²) in [7, 11) is -0.111. The van der Waals surface area contributed by atoms with Crippen LogP contribution < -0.4 is 11.2 Å². The first-order valence-corrected chi connectivity index (χ1v) is 9.06. The molecule has 0 spiro atoms. The van der Waals surface area contributed by atoms with Crippen molar-refractivity contribution in [1.82, 2.24) is 4.98 Å². The Hall–Kier alpha value is -2.58. The van der Waals surface area contributed by atoms with Crippen LogP contribution in [0.25, 0.3) is 10.8 Å². The molecule has 0 aliphatic heterocycles. The number of ketones is 1. The van der Waals surface area contributed by atoms with Gasteiger partial charge in [0.2, 0.25) is 0 Å². The van der Waals surface area contributed by atoms with E-state index in [1.54, 1.807) is 30.6 Å². The summed E-state index contributed by atoms with van der Waals surface area (Å²) in [4.78, 5) is 17.0. The maximum atomic E-state index is 12.9. The minimum Gasteiger partial charge on any atom is -0.423 e. The fraction of sp³-hybridized carbons (Fsp3) is 0.238. The van der Waals surface area contributed by atoms with E-state index in [1.807, 2.05) is 24.3 Å². The third-order valence-corrected chi connectivity index (χ3v) is 4.86. The third-order valence-electron chi connectivity index (χ3n) is 4.86. The monoisotopic (exact) mass is 378 g/mol. The van der Waals surface area contributed by atoms with Gasteiger partial charge in [-0.3, -0.25) is 9.78 Å². The predicted molar refractivity (Wildman–Crippen MR) is 109 cm³/mol. The molecular weight excluding hydrogens is 355 g/mol. The number of ether oxygens (including phenoxy) is 1. The Morgan fingerprint density at radius 1 is 1.18 bits per heavy atom. The fourth-order valence-electron chi connectivity index (χ4n) is 3.38. The summed E-state index contributed by atoms with van der Waals surface area (Å²) >= 11 is 0. The van der Waals surface area contributed by atoms with Crippen molar-refractivity contribution in [2.45, 2.75) is 18.9 Å². The Kier molecular flexibility index (Phi) is 6.54. The second kappa shape index (κ2) is 9.08. The molecule has 0 aliphatic rings. The Bertz CT molecular complexity index is 978. The van der Waals surface area contributed by atoms with Crippen molar-refractivity contribution in [1.29, 1.82) is 0 Å². The molecule has 1 aromatic heterocycles. The second-order valence-corrected chi connectivity index (χ2v) is 6.75. The topological polar surface area (TPSA) is 106 Å². The van der Waals surface area contributed by atoms with Crippen molar-refractivity contribution in [3.63, 3.8) is 0 Å². The van der Waals surface area contributed by atoms with E-state index in [1.165, 1.54) is 7.11 Å². The van der Waals surface area contributed by atoms with Crippen LogP contribution in [0.15, 0.2) is 54.9 Å². The number of methoxy groups -OCH3 is 1. The van der Waals surface area contributed by atoms with E-state index >= 15 is 0 Å². The van der Waals surface area contributed by atoms with Gasteiger partial charge in [-0.15, -0.1) is 0 Å². The first kappa shape index (κ1) is 20.2. The molecule has 4 N–H and O–H groups in total. The quantitative estimate of drug-likeness (QED) is 0.504. The average Bonchev–Trinajstić information content (AvgIpc) is 2.69. The van der Waals surface area contributed by atoms with Gasteiger partial charge in [0.05, 0.1) is 12.5 Å². The first-order chi connectivity index (χ1) is 13.5. The van der Waals surface area contributed by atoms with Gasteiger partial charge in [0.1, 0.15) is 5.78 Å². The summed E-state index contributed by atoms with van der Waals surface area (Å²) in [6, 6.07) is 12.9. The largest absolute Gasteiger partial charge is 0.488 e. The number of aromatic nitrogens is 1. The Morgan fingerprint density at radius 3 is 2.71 bits per heavy atom. The highest BCUT2D eigenvalue weighted by molar-refractivity contribution is 6.59. The van der Waals surface area contributed by atoms with Crippen LogP contribution in [-0.2, 0) is 22.6 Å². The lowest BCUT2D eigenvalue weighted by molar-refractivity contribution is -0.119. The van der Waals surface area contributed by atoms with Gasteiger partial charge in [0.25, 0.3) is 0 Å². The number of carbonyl (C=O) groups is 1. The fourth-order valence-corrected chi connectivity index (χ4v) is 3.38. The van der Waals surface area contributed by atoms with Gasteiger partial charge in [-0.05, 0) is 33.6 Å². The number of hydrogen-bond donors (Lipinski definition) is 3. The highest BCUT2D eigenvalue weighted by Gasteiger charge is 2.23. The van der Waals surface area contributed by atoms with Crippen molar-refractivity contribution in [3.05, 3.63) is 71.5 Å². The van der Waals surface area contributed by atoms with Crippen molar-refractivity contribution < 1.29 is 19.6 Å². The number of pyridine rings is 1. The third kappa shape index (κ3) is 4.45. The molecule has 6 nitrogen and oxygen atoms in total. The molecule has 0 unspecified atom stereocenters. The number of hydrogen-bond acceptors (Lipinski definition) is 6. The van der Waals surface area contributed by atoms with Gasteiger partial charge in [-0.2, -0.15) is 0 Å². The van der Waals surface area contributed by atoms with Crippen molar-refractivity contribution in [2.24, 2.45) is 5.73 Å². The second-order valence-electron chi connectivity index (χ2n) is 6.75. The van der Waals surface area contributed by atoms with E-state index in [9.17, 15) is 14.8 Å². The molecule has 0 fully saturated rings. The van der Waals surface area contributed by atoms with E-state index in [0.29, 0.717) is 16.6 Å². The molecule has 3 rings (SSSR count). The van der Waals surface area contributed by atoms with Crippen LogP contribution in [0.1, 0.15) is 22.6 Å². The van der Waals surface area contributed by atoms with E-state index in [4.69, 9.17) is 10.5 Å². The predicted octanol–water partition coefficient (Wildman–Crippen LogP) is 0.915. The average molecular weight is 378 g/mol. The normalized spacial score (nSPS) is 12.1. The van der Waals surface area contributed by atoms with Crippen LogP contribution in [-0.4, -0.2) is 41.6 Å². The number of carbonyl (C=O) groups excluding carboxylic acids is 1. The minimum atomic E-state index is -1.65. The smallest absolute Gasteiger partial charge is 0.423 e. The number of Topliss-reactive ketones (excluding diaryl/α,β-unsaturated/α-hetero) is 1. The molecule has 2 aromatic carbocycles. The van der Waals surface area contributed by atoms with E-state index in [2.05, 4.69) is 4.98 Å². The van der Waals surface area contributed by atoms with Crippen molar-refractivity contribution >= 4 is 29.1 Å². The van der Waals surface area contributed by atoms with E-state index in [-0.39, 0.29) is 25.4 Å². The van der Waals surface area contributed by atoms with Crippen LogP contribution in [0.2, 0.25) is 0 Å². The molecule has 3 aromatic rings. The first-order valence-electron chi connectivity index (χ1n) is 9.06. The SMILES string of the molecule is COCc1ccc([C@@H](CN)C(=O)Cc2ccc3cnccc3c2)cc1B(O)O. The molecule has 0 aliphatic carbocycles. The van der Waals surface area contributed by atoms with Crippen LogP contribution in [0.4, 0.5) is 0 Å². The Balaban J connectivity index is 1.85. The summed E-state index contributed by atoms with van der Waals surface area (Å²) < 4.78 is 5.09. The van der Waals surface area contributed by atoms with Crippen LogP contribution in [0.3, 0.4) is 0 Å². The number of fused-ring (bicyclic) bond motifs is 1. The standard InChI is InChI=1S/C21H23BN2O4/c1-28-13-18-5-4-16(10-20(18)22(26)27)19(11-23)21(25)9-14-2-3-17-12-24-7-6-15(17)8-14/h2-8,10,12,19,26-27H,9,11,13,23H2,1H3/t19-/m1/s1. The van der Waals surface area contributed by atoms with Crippen LogP contribution in [0.5, 0.6) is 0 Å². The molecule has 144 valence electrons. The number of benzene rings is 2. The molecule has 0 radical (unpaired) electrons. The highest BCUT2D eigenvalue weighted by Crippen LogP contribution is 2.21. The summed E-state index contributed by atoms with van der Waals surface area (Å²) in [6.45, 7) is 0.390. The van der Waals surface area contributed by atoms with Gasteiger partial charge in [0.15, 0.2) is 0 Å².